The van der Waals surface area contributed by atoms with Gasteiger partial charge in [-0.3, -0.25) is 4.79 Å². The van der Waals surface area contributed by atoms with Gasteiger partial charge >= 0.3 is 0 Å². The van der Waals surface area contributed by atoms with Gasteiger partial charge in [0.05, 0.1) is 6.21 Å². The Hall–Kier alpha value is -2.82. The summed E-state index contributed by atoms with van der Waals surface area (Å²) in [5.41, 5.74) is 3.97. The molecule has 0 fully saturated rings. The van der Waals surface area contributed by atoms with Crippen LogP contribution < -0.4 is 10.2 Å². The van der Waals surface area contributed by atoms with Crippen molar-refractivity contribution in [1.82, 2.24) is 5.43 Å². The number of amides is 1. The standard InChI is InChI=1S/C17H18N2O3/c1-12-6-5-8-15(10-12)22-13(2)17(21)19-18-11-14-7-3-4-9-16(14)20/h3-11,13,20H,1-2H3,(H,19,21). The molecular formula is C17H18N2O3. The Morgan fingerprint density at radius 2 is 2.05 bits per heavy atom. The predicted molar refractivity (Wildman–Crippen MR) is 85.1 cm³/mol. The number of phenols is 1. The molecule has 0 aromatic heterocycles. The minimum atomic E-state index is -0.677. The maximum absolute atomic E-state index is 11.9. The maximum atomic E-state index is 11.9. The highest BCUT2D eigenvalue weighted by Gasteiger charge is 2.13. The average molecular weight is 298 g/mol. The van der Waals surface area contributed by atoms with Crippen LogP contribution in [-0.2, 0) is 4.79 Å². The van der Waals surface area contributed by atoms with Crippen molar-refractivity contribution in [3.8, 4) is 11.5 Å². The van der Waals surface area contributed by atoms with Crippen LogP contribution in [0, 0.1) is 6.92 Å². The van der Waals surface area contributed by atoms with E-state index in [9.17, 15) is 9.90 Å². The van der Waals surface area contributed by atoms with Crippen LogP contribution in [0.15, 0.2) is 53.6 Å². The lowest BCUT2D eigenvalue weighted by Crippen LogP contribution is -2.33. The first-order valence-corrected chi connectivity index (χ1v) is 6.90. The molecule has 1 amide bonds. The third-order valence-corrected chi connectivity index (χ3v) is 2.99. The molecule has 0 bridgehead atoms. The van der Waals surface area contributed by atoms with Crippen LogP contribution in [0.25, 0.3) is 0 Å². The Balaban J connectivity index is 1.90. The lowest BCUT2D eigenvalue weighted by molar-refractivity contribution is -0.127. The summed E-state index contributed by atoms with van der Waals surface area (Å²) >= 11 is 0. The van der Waals surface area contributed by atoms with Gasteiger partial charge in [0.2, 0.25) is 0 Å². The van der Waals surface area contributed by atoms with Gasteiger partial charge in [-0.1, -0.05) is 24.3 Å². The number of para-hydroxylation sites is 1. The second-order valence-electron chi connectivity index (χ2n) is 4.87. The van der Waals surface area contributed by atoms with Gasteiger partial charge in [-0.2, -0.15) is 5.10 Å². The summed E-state index contributed by atoms with van der Waals surface area (Å²) in [6.45, 7) is 3.60. The van der Waals surface area contributed by atoms with E-state index in [4.69, 9.17) is 4.74 Å². The molecule has 0 aliphatic carbocycles. The van der Waals surface area contributed by atoms with Crippen LogP contribution in [0.4, 0.5) is 0 Å². The van der Waals surface area contributed by atoms with Gasteiger partial charge in [-0.15, -0.1) is 0 Å². The Morgan fingerprint density at radius 1 is 1.27 bits per heavy atom. The number of aryl methyl sites for hydroxylation is 1. The van der Waals surface area contributed by atoms with Gasteiger partial charge in [-0.05, 0) is 43.7 Å². The summed E-state index contributed by atoms with van der Waals surface area (Å²) in [4.78, 5) is 11.9. The molecule has 114 valence electrons. The van der Waals surface area contributed by atoms with Crippen molar-refractivity contribution in [3.05, 3.63) is 59.7 Å². The number of hydrogen-bond donors (Lipinski definition) is 2. The second kappa shape index (κ2) is 7.26. The van der Waals surface area contributed by atoms with Crippen LogP contribution in [0.1, 0.15) is 18.1 Å². The average Bonchev–Trinajstić information content (AvgIpc) is 2.49. The lowest BCUT2D eigenvalue weighted by atomic mass is 10.2. The number of nitrogens with zero attached hydrogens (tertiary/aromatic N) is 1. The zero-order chi connectivity index (χ0) is 15.9. The zero-order valence-electron chi connectivity index (χ0n) is 12.5. The fraction of sp³-hybridized carbons (Fsp3) is 0.176. The molecular weight excluding hydrogens is 280 g/mol. The highest BCUT2D eigenvalue weighted by Crippen LogP contribution is 2.14. The quantitative estimate of drug-likeness (QED) is 0.658. The van der Waals surface area contributed by atoms with Crippen LogP contribution in [-0.4, -0.2) is 23.3 Å². The first kappa shape index (κ1) is 15.6. The summed E-state index contributed by atoms with van der Waals surface area (Å²) in [6, 6.07) is 14.2. The van der Waals surface area contributed by atoms with Gasteiger partial charge in [0, 0.05) is 5.56 Å². The van der Waals surface area contributed by atoms with E-state index in [-0.39, 0.29) is 11.7 Å². The highest BCUT2D eigenvalue weighted by molar-refractivity contribution is 5.86. The van der Waals surface area contributed by atoms with E-state index in [1.54, 1.807) is 37.3 Å². The fourth-order valence-electron chi connectivity index (χ4n) is 1.80. The third-order valence-electron chi connectivity index (χ3n) is 2.99. The number of hydrogen-bond acceptors (Lipinski definition) is 4. The number of rotatable bonds is 5. The Morgan fingerprint density at radius 3 is 2.77 bits per heavy atom. The molecule has 1 unspecified atom stereocenters. The molecule has 5 nitrogen and oxygen atoms in total. The molecule has 2 N–H and O–H groups in total. The van der Waals surface area contributed by atoms with Crippen molar-refractivity contribution in [1.29, 1.82) is 0 Å². The highest BCUT2D eigenvalue weighted by atomic mass is 16.5. The van der Waals surface area contributed by atoms with E-state index >= 15 is 0 Å². The van der Waals surface area contributed by atoms with Crippen molar-refractivity contribution in [2.75, 3.05) is 0 Å². The molecule has 0 saturated heterocycles. The number of benzene rings is 2. The van der Waals surface area contributed by atoms with Crippen LogP contribution in [0.2, 0.25) is 0 Å². The Labute approximate surface area is 129 Å². The SMILES string of the molecule is Cc1cccc(OC(C)C(=O)NN=Cc2ccccc2O)c1. The Kier molecular flexibility index (Phi) is 5.14. The van der Waals surface area contributed by atoms with Crippen LogP contribution in [0.5, 0.6) is 11.5 Å². The number of phenolic OH excluding ortho intramolecular Hbond substituents is 1. The minimum Gasteiger partial charge on any atom is -0.507 e. The van der Waals surface area contributed by atoms with E-state index in [1.165, 1.54) is 6.21 Å². The van der Waals surface area contributed by atoms with E-state index in [0.717, 1.165) is 5.56 Å². The molecule has 2 aromatic carbocycles. The van der Waals surface area contributed by atoms with Gasteiger partial charge in [0.25, 0.3) is 5.91 Å². The molecule has 0 aliphatic rings. The lowest BCUT2D eigenvalue weighted by Gasteiger charge is -2.13. The monoisotopic (exact) mass is 298 g/mol. The van der Waals surface area contributed by atoms with Crippen molar-refractivity contribution < 1.29 is 14.6 Å². The molecule has 0 spiro atoms. The van der Waals surface area contributed by atoms with E-state index in [1.807, 2.05) is 25.1 Å². The van der Waals surface area contributed by atoms with E-state index in [2.05, 4.69) is 10.5 Å². The molecule has 0 saturated carbocycles. The molecule has 2 rings (SSSR count). The first-order chi connectivity index (χ1) is 10.6. The summed E-state index contributed by atoms with van der Waals surface area (Å²) in [5, 5.41) is 13.4. The van der Waals surface area contributed by atoms with Gasteiger partial charge < -0.3 is 9.84 Å². The molecule has 0 heterocycles. The Bertz CT molecular complexity index is 683. The van der Waals surface area contributed by atoms with Crippen molar-refractivity contribution in [2.45, 2.75) is 20.0 Å². The molecule has 0 radical (unpaired) electrons. The summed E-state index contributed by atoms with van der Waals surface area (Å²) in [6.07, 6.45) is 0.704. The summed E-state index contributed by atoms with van der Waals surface area (Å²) in [5.74, 6) is 0.366. The number of carbonyl (C=O) groups is 1. The number of aromatic hydroxyl groups is 1. The number of carbonyl (C=O) groups excluding carboxylic acids is 1. The molecule has 2 aromatic rings. The predicted octanol–water partition coefficient (Wildman–Crippen LogP) is 2.62. The number of nitrogens with one attached hydrogen (secondary N) is 1. The van der Waals surface area contributed by atoms with Crippen LogP contribution >= 0.6 is 0 Å². The maximum Gasteiger partial charge on any atom is 0.280 e. The number of hydrazone groups is 1. The smallest absolute Gasteiger partial charge is 0.280 e. The number of ether oxygens (including phenoxy) is 1. The summed E-state index contributed by atoms with van der Waals surface area (Å²) < 4.78 is 5.55. The largest absolute Gasteiger partial charge is 0.507 e. The fourth-order valence-corrected chi connectivity index (χ4v) is 1.80. The van der Waals surface area contributed by atoms with Crippen molar-refractivity contribution in [3.63, 3.8) is 0 Å². The topological polar surface area (TPSA) is 70.9 Å². The molecule has 5 heteroatoms. The normalized spacial score (nSPS) is 12.1. The molecule has 1 atom stereocenters. The first-order valence-electron chi connectivity index (χ1n) is 6.90. The van der Waals surface area contributed by atoms with E-state index in [0.29, 0.717) is 11.3 Å². The van der Waals surface area contributed by atoms with Gasteiger partial charge in [0.1, 0.15) is 11.5 Å². The second-order valence-corrected chi connectivity index (χ2v) is 4.87. The van der Waals surface area contributed by atoms with E-state index < -0.39 is 6.10 Å². The third kappa shape index (κ3) is 4.34. The van der Waals surface area contributed by atoms with Crippen LogP contribution in [0.3, 0.4) is 0 Å². The van der Waals surface area contributed by atoms with Crippen molar-refractivity contribution >= 4 is 12.1 Å². The zero-order valence-corrected chi connectivity index (χ0v) is 12.5. The molecule has 0 aliphatic heterocycles. The van der Waals surface area contributed by atoms with Gasteiger partial charge in [0.15, 0.2) is 6.10 Å². The van der Waals surface area contributed by atoms with Gasteiger partial charge in [-0.25, -0.2) is 5.43 Å². The molecule has 22 heavy (non-hydrogen) atoms. The minimum absolute atomic E-state index is 0.101. The summed E-state index contributed by atoms with van der Waals surface area (Å²) in [7, 11) is 0. The van der Waals surface area contributed by atoms with Crippen molar-refractivity contribution in [2.24, 2.45) is 5.10 Å².